The Morgan fingerprint density at radius 2 is 1.83 bits per heavy atom. The van der Waals surface area contributed by atoms with Gasteiger partial charge in [0.25, 0.3) is 0 Å². The van der Waals surface area contributed by atoms with Crippen molar-refractivity contribution >= 4 is 27.4 Å². The fraction of sp³-hybridized carbons (Fsp3) is 0.333. The zero-order chi connectivity index (χ0) is 16.4. The number of rotatable bonds is 4. The molecule has 1 saturated heterocycles. The number of thiophene rings is 1. The average molecular weight is 340 g/mol. The Morgan fingerprint density at radius 1 is 1.04 bits per heavy atom. The van der Waals surface area contributed by atoms with Crippen molar-refractivity contribution in [3.8, 4) is 0 Å². The summed E-state index contributed by atoms with van der Waals surface area (Å²) in [5, 5.41) is 13.6. The fourth-order valence-corrected chi connectivity index (χ4v) is 3.92. The van der Waals surface area contributed by atoms with Crippen LogP contribution in [0.25, 0.3) is 10.2 Å². The lowest BCUT2D eigenvalue weighted by Crippen LogP contribution is -2.47. The van der Waals surface area contributed by atoms with Gasteiger partial charge in [0, 0.05) is 32.7 Å². The van der Waals surface area contributed by atoms with Crippen LogP contribution < -0.4 is 4.90 Å². The maximum absolute atomic E-state index is 10.4. The molecular formula is C18H20N4OS. The third kappa shape index (κ3) is 3.13. The van der Waals surface area contributed by atoms with Gasteiger partial charge in [0.1, 0.15) is 17.0 Å². The second kappa shape index (κ2) is 6.84. The van der Waals surface area contributed by atoms with Gasteiger partial charge in [-0.2, -0.15) is 0 Å². The topological polar surface area (TPSA) is 52.5 Å². The molecule has 0 bridgehead atoms. The lowest BCUT2D eigenvalue weighted by molar-refractivity contribution is 0.109. The number of aliphatic hydroxyl groups excluding tert-OH is 1. The van der Waals surface area contributed by atoms with E-state index in [4.69, 9.17) is 0 Å². The summed E-state index contributed by atoms with van der Waals surface area (Å²) >= 11 is 1.65. The van der Waals surface area contributed by atoms with Crippen molar-refractivity contribution in [2.45, 2.75) is 6.10 Å². The molecule has 124 valence electrons. The summed E-state index contributed by atoms with van der Waals surface area (Å²) < 4.78 is 0. The third-order valence-corrected chi connectivity index (χ3v) is 5.35. The zero-order valence-corrected chi connectivity index (χ0v) is 14.2. The van der Waals surface area contributed by atoms with E-state index >= 15 is 0 Å². The fourth-order valence-electron chi connectivity index (χ4n) is 3.20. The normalized spacial score (nSPS) is 17.3. The number of hydrogen-bond donors (Lipinski definition) is 1. The van der Waals surface area contributed by atoms with Crippen LogP contribution in [0.15, 0.2) is 48.1 Å². The monoisotopic (exact) mass is 340 g/mol. The Balaban J connectivity index is 1.39. The second-order valence-electron chi connectivity index (χ2n) is 6.05. The zero-order valence-electron chi connectivity index (χ0n) is 13.4. The summed E-state index contributed by atoms with van der Waals surface area (Å²) in [4.78, 5) is 14.5. The number of aromatic nitrogens is 2. The van der Waals surface area contributed by atoms with Gasteiger partial charge in [-0.3, -0.25) is 4.90 Å². The molecule has 1 aromatic carbocycles. The molecule has 24 heavy (non-hydrogen) atoms. The first-order chi connectivity index (χ1) is 11.8. The van der Waals surface area contributed by atoms with E-state index in [9.17, 15) is 5.11 Å². The number of nitrogens with zero attached hydrogens (tertiary/aromatic N) is 4. The van der Waals surface area contributed by atoms with Gasteiger partial charge < -0.3 is 10.0 Å². The van der Waals surface area contributed by atoms with Crippen LogP contribution in [0.2, 0.25) is 0 Å². The summed E-state index contributed by atoms with van der Waals surface area (Å²) in [7, 11) is 0. The van der Waals surface area contributed by atoms with Crippen LogP contribution in [0.5, 0.6) is 0 Å². The SMILES string of the molecule is OC(CN1CCN(c2ncnc3sccc23)CC1)c1ccccc1. The molecule has 6 heteroatoms. The molecule has 1 N–H and O–H groups in total. The molecule has 3 aromatic rings. The van der Waals surface area contributed by atoms with E-state index in [1.807, 2.05) is 30.3 Å². The summed E-state index contributed by atoms with van der Waals surface area (Å²) in [6.07, 6.45) is 1.22. The van der Waals surface area contributed by atoms with E-state index in [1.165, 1.54) is 0 Å². The molecule has 0 spiro atoms. The van der Waals surface area contributed by atoms with Crippen molar-refractivity contribution in [2.24, 2.45) is 0 Å². The van der Waals surface area contributed by atoms with Crippen LogP contribution in [-0.2, 0) is 0 Å². The molecule has 0 aliphatic carbocycles. The lowest BCUT2D eigenvalue weighted by Gasteiger charge is -2.36. The van der Waals surface area contributed by atoms with Crippen LogP contribution in [0, 0.1) is 0 Å². The molecule has 1 aliphatic heterocycles. The first-order valence-electron chi connectivity index (χ1n) is 8.20. The van der Waals surface area contributed by atoms with Crippen molar-refractivity contribution in [3.05, 3.63) is 53.7 Å². The molecule has 0 saturated carbocycles. The Labute approximate surface area is 145 Å². The van der Waals surface area contributed by atoms with Crippen LogP contribution in [-0.4, -0.2) is 52.7 Å². The number of fused-ring (bicyclic) bond motifs is 1. The van der Waals surface area contributed by atoms with E-state index in [0.29, 0.717) is 6.54 Å². The molecule has 3 heterocycles. The molecule has 1 aliphatic rings. The molecule has 0 amide bonds. The van der Waals surface area contributed by atoms with Gasteiger partial charge in [0.15, 0.2) is 0 Å². The largest absolute Gasteiger partial charge is 0.387 e. The van der Waals surface area contributed by atoms with E-state index in [0.717, 1.165) is 47.8 Å². The minimum atomic E-state index is -0.430. The lowest BCUT2D eigenvalue weighted by atomic mass is 10.1. The first kappa shape index (κ1) is 15.5. The highest BCUT2D eigenvalue weighted by Gasteiger charge is 2.22. The maximum atomic E-state index is 10.4. The molecule has 1 atom stereocenters. The number of piperazine rings is 1. The summed E-state index contributed by atoms with van der Waals surface area (Å²) in [5.41, 5.74) is 0.982. The summed E-state index contributed by atoms with van der Waals surface area (Å²) in [6, 6.07) is 12.0. The van der Waals surface area contributed by atoms with Crippen molar-refractivity contribution in [2.75, 3.05) is 37.6 Å². The molecular weight excluding hydrogens is 320 g/mol. The van der Waals surface area contributed by atoms with Gasteiger partial charge in [0.2, 0.25) is 0 Å². The Hall–Kier alpha value is -2.02. The molecule has 1 fully saturated rings. The molecule has 1 unspecified atom stereocenters. The Morgan fingerprint density at radius 3 is 2.62 bits per heavy atom. The van der Waals surface area contributed by atoms with Gasteiger partial charge in [-0.15, -0.1) is 11.3 Å². The quantitative estimate of drug-likeness (QED) is 0.791. The van der Waals surface area contributed by atoms with Crippen LogP contribution >= 0.6 is 11.3 Å². The van der Waals surface area contributed by atoms with Crippen molar-refractivity contribution < 1.29 is 5.11 Å². The van der Waals surface area contributed by atoms with E-state index < -0.39 is 6.10 Å². The van der Waals surface area contributed by atoms with Gasteiger partial charge in [-0.25, -0.2) is 9.97 Å². The predicted molar refractivity (Wildman–Crippen MR) is 97.5 cm³/mol. The number of anilines is 1. The number of hydrogen-bond acceptors (Lipinski definition) is 6. The van der Waals surface area contributed by atoms with Gasteiger partial charge in [-0.05, 0) is 17.0 Å². The van der Waals surface area contributed by atoms with Crippen LogP contribution in [0.3, 0.4) is 0 Å². The minimum absolute atomic E-state index is 0.430. The van der Waals surface area contributed by atoms with E-state index in [-0.39, 0.29) is 0 Å². The third-order valence-electron chi connectivity index (χ3n) is 4.53. The Bertz CT molecular complexity index is 799. The highest BCUT2D eigenvalue weighted by Crippen LogP contribution is 2.27. The highest BCUT2D eigenvalue weighted by molar-refractivity contribution is 7.16. The van der Waals surface area contributed by atoms with Crippen LogP contribution in [0.4, 0.5) is 5.82 Å². The average Bonchev–Trinajstić information content (AvgIpc) is 3.12. The summed E-state index contributed by atoms with van der Waals surface area (Å²) in [6.45, 7) is 4.38. The number of β-amino-alcohol motifs (C(OH)–C–C–N with tert-alkyl or cyclic N) is 1. The van der Waals surface area contributed by atoms with Crippen LogP contribution in [0.1, 0.15) is 11.7 Å². The highest BCUT2D eigenvalue weighted by atomic mass is 32.1. The molecule has 0 radical (unpaired) electrons. The number of benzene rings is 1. The van der Waals surface area contributed by atoms with Gasteiger partial charge in [0.05, 0.1) is 11.5 Å². The maximum Gasteiger partial charge on any atom is 0.140 e. The summed E-state index contributed by atoms with van der Waals surface area (Å²) in [5.74, 6) is 1.03. The van der Waals surface area contributed by atoms with Gasteiger partial charge in [-0.1, -0.05) is 30.3 Å². The first-order valence-corrected chi connectivity index (χ1v) is 9.08. The van der Waals surface area contributed by atoms with E-state index in [1.54, 1.807) is 17.7 Å². The van der Waals surface area contributed by atoms with Crippen molar-refractivity contribution in [1.29, 1.82) is 0 Å². The van der Waals surface area contributed by atoms with Crippen molar-refractivity contribution in [3.63, 3.8) is 0 Å². The predicted octanol–water partition coefficient (Wildman–Crippen LogP) is 2.55. The smallest absolute Gasteiger partial charge is 0.140 e. The van der Waals surface area contributed by atoms with Crippen molar-refractivity contribution in [1.82, 2.24) is 14.9 Å². The second-order valence-corrected chi connectivity index (χ2v) is 6.95. The van der Waals surface area contributed by atoms with E-state index in [2.05, 4.69) is 31.2 Å². The molecule has 5 nitrogen and oxygen atoms in total. The standard InChI is InChI=1S/C18H20N4OS/c23-16(14-4-2-1-3-5-14)12-21-7-9-22(10-8-21)17-15-6-11-24-18(15)20-13-19-17/h1-6,11,13,16,23H,7-10,12H2. The minimum Gasteiger partial charge on any atom is -0.387 e. The molecule has 4 rings (SSSR count). The molecule has 2 aromatic heterocycles. The number of aliphatic hydroxyl groups is 1. The Kier molecular flexibility index (Phi) is 4.42. The van der Waals surface area contributed by atoms with Gasteiger partial charge >= 0.3 is 0 Å².